The van der Waals surface area contributed by atoms with Gasteiger partial charge in [0.25, 0.3) is 0 Å². The first-order valence-electron chi connectivity index (χ1n) is 6.64. The van der Waals surface area contributed by atoms with Crippen molar-refractivity contribution < 1.29 is 9.59 Å². The van der Waals surface area contributed by atoms with E-state index >= 15 is 0 Å². The molecule has 0 atom stereocenters. The standard InChI is InChI=1S/C14H18N4O2S/c1-9(2)7-18-11-6-4-3-5-10(11)16-14(18)21-8-12(19)17-13(15)20/h3-6,9H,7-8H2,1-2H3,(H3,15,17,19,20). The first-order valence-corrected chi connectivity index (χ1v) is 7.63. The van der Waals surface area contributed by atoms with Crippen LogP contribution < -0.4 is 11.1 Å². The van der Waals surface area contributed by atoms with Crippen LogP contribution >= 0.6 is 11.8 Å². The lowest BCUT2D eigenvalue weighted by molar-refractivity contribution is -0.117. The summed E-state index contributed by atoms with van der Waals surface area (Å²) in [5, 5.41) is 2.82. The van der Waals surface area contributed by atoms with Crippen molar-refractivity contribution in [2.24, 2.45) is 11.7 Å². The quantitative estimate of drug-likeness (QED) is 0.826. The van der Waals surface area contributed by atoms with E-state index in [9.17, 15) is 9.59 Å². The average Bonchev–Trinajstić information content (AvgIpc) is 2.73. The number of fused-ring (bicyclic) bond motifs is 1. The van der Waals surface area contributed by atoms with Crippen molar-refractivity contribution in [3.05, 3.63) is 24.3 Å². The third-order valence-electron chi connectivity index (χ3n) is 2.76. The Morgan fingerprint density at radius 3 is 2.76 bits per heavy atom. The monoisotopic (exact) mass is 306 g/mol. The molecule has 6 nitrogen and oxygen atoms in total. The zero-order valence-electron chi connectivity index (χ0n) is 12.0. The summed E-state index contributed by atoms with van der Waals surface area (Å²) in [6.07, 6.45) is 0. The van der Waals surface area contributed by atoms with Gasteiger partial charge in [0.1, 0.15) is 0 Å². The lowest BCUT2D eigenvalue weighted by Crippen LogP contribution is -2.36. The molecule has 0 saturated heterocycles. The van der Waals surface area contributed by atoms with Crippen molar-refractivity contribution in [1.29, 1.82) is 0 Å². The number of rotatable bonds is 5. The summed E-state index contributed by atoms with van der Waals surface area (Å²) < 4.78 is 2.10. The Balaban J connectivity index is 2.21. The van der Waals surface area contributed by atoms with Crippen LogP contribution in [0.3, 0.4) is 0 Å². The molecule has 1 aromatic carbocycles. The number of thioether (sulfide) groups is 1. The second-order valence-corrected chi connectivity index (χ2v) is 6.03. The number of carbonyl (C=O) groups is 2. The highest BCUT2D eigenvalue weighted by atomic mass is 32.2. The van der Waals surface area contributed by atoms with E-state index < -0.39 is 11.9 Å². The fourth-order valence-corrected chi connectivity index (χ4v) is 2.83. The molecule has 0 aliphatic carbocycles. The molecule has 0 bridgehead atoms. The van der Waals surface area contributed by atoms with Crippen LogP contribution in [0.4, 0.5) is 4.79 Å². The third-order valence-corrected chi connectivity index (χ3v) is 3.74. The molecule has 21 heavy (non-hydrogen) atoms. The number of carbonyl (C=O) groups excluding carboxylic acids is 2. The minimum Gasteiger partial charge on any atom is -0.351 e. The van der Waals surface area contributed by atoms with Crippen molar-refractivity contribution in [3.63, 3.8) is 0 Å². The lowest BCUT2D eigenvalue weighted by atomic mass is 10.2. The van der Waals surface area contributed by atoms with E-state index in [0.29, 0.717) is 5.92 Å². The highest BCUT2D eigenvalue weighted by molar-refractivity contribution is 7.99. The van der Waals surface area contributed by atoms with Crippen LogP contribution in [0.15, 0.2) is 29.4 Å². The first kappa shape index (κ1) is 15.4. The van der Waals surface area contributed by atoms with Crippen molar-refractivity contribution in [3.8, 4) is 0 Å². The summed E-state index contributed by atoms with van der Waals surface area (Å²) in [6, 6.07) is 7.02. The van der Waals surface area contributed by atoms with Gasteiger partial charge in [0, 0.05) is 6.54 Å². The van der Waals surface area contributed by atoms with E-state index in [-0.39, 0.29) is 5.75 Å². The lowest BCUT2D eigenvalue weighted by Gasteiger charge is -2.11. The second-order valence-electron chi connectivity index (χ2n) is 5.09. The van der Waals surface area contributed by atoms with Gasteiger partial charge in [-0.25, -0.2) is 9.78 Å². The molecule has 112 valence electrons. The predicted octanol–water partition coefficient (Wildman–Crippen LogP) is 1.98. The number of aromatic nitrogens is 2. The van der Waals surface area contributed by atoms with Gasteiger partial charge in [-0.05, 0) is 18.1 Å². The number of para-hydroxylation sites is 2. The minimum atomic E-state index is -0.837. The van der Waals surface area contributed by atoms with Gasteiger partial charge < -0.3 is 10.3 Å². The first-order chi connectivity index (χ1) is 9.97. The summed E-state index contributed by atoms with van der Waals surface area (Å²) in [6.45, 7) is 5.08. The zero-order valence-corrected chi connectivity index (χ0v) is 12.8. The number of hydrogen-bond donors (Lipinski definition) is 2. The molecule has 0 aliphatic rings. The summed E-state index contributed by atoms with van der Waals surface area (Å²) >= 11 is 1.30. The van der Waals surface area contributed by atoms with Crippen molar-refractivity contribution in [2.45, 2.75) is 25.5 Å². The smallest absolute Gasteiger partial charge is 0.318 e. The van der Waals surface area contributed by atoms with Crippen LogP contribution in [0.1, 0.15) is 13.8 Å². The molecule has 0 aliphatic heterocycles. The van der Waals surface area contributed by atoms with Crippen molar-refractivity contribution >= 4 is 34.7 Å². The van der Waals surface area contributed by atoms with Gasteiger partial charge in [-0.15, -0.1) is 0 Å². The molecule has 0 unspecified atom stereocenters. The van der Waals surface area contributed by atoms with Crippen LogP contribution in [0.25, 0.3) is 11.0 Å². The Hall–Kier alpha value is -2.02. The Morgan fingerprint density at radius 2 is 2.10 bits per heavy atom. The summed E-state index contributed by atoms with van der Waals surface area (Å²) in [7, 11) is 0. The molecule has 0 saturated carbocycles. The van der Waals surface area contributed by atoms with E-state index in [1.54, 1.807) is 0 Å². The van der Waals surface area contributed by atoms with Crippen LogP contribution in [0.5, 0.6) is 0 Å². The highest BCUT2D eigenvalue weighted by Crippen LogP contribution is 2.25. The molecular weight excluding hydrogens is 288 g/mol. The number of primary amides is 1. The largest absolute Gasteiger partial charge is 0.351 e. The second kappa shape index (κ2) is 6.62. The summed E-state index contributed by atoms with van der Waals surface area (Å²) in [5.41, 5.74) is 6.86. The number of amides is 3. The SMILES string of the molecule is CC(C)Cn1c(SCC(=O)NC(N)=O)nc2ccccc21. The molecule has 2 rings (SSSR count). The Morgan fingerprint density at radius 1 is 1.38 bits per heavy atom. The topological polar surface area (TPSA) is 90.0 Å². The minimum absolute atomic E-state index is 0.102. The maximum Gasteiger partial charge on any atom is 0.318 e. The van der Waals surface area contributed by atoms with Crippen LogP contribution in [-0.2, 0) is 11.3 Å². The fourth-order valence-electron chi connectivity index (χ4n) is 2.01. The molecular formula is C14H18N4O2S. The number of nitrogens with two attached hydrogens (primary N) is 1. The average molecular weight is 306 g/mol. The molecule has 0 radical (unpaired) electrons. The van der Waals surface area contributed by atoms with Gasteiger partial charge in [0.05, 0.1) is 16.8 Å². The maximum absolute atomic E-state index is 11.5. The number of imidazole rings is 1. The molecule has 0 fully saturated rings. The molecule has 0 spiro atoms. The van der Waals surface area contributed by atoms with E-state index in [4.69, 9.17) is 5.73 Å². The number of hydrogen-bond acceptors (Lipinski definition) is 4. The van der Waals surface area contributed by atoms with Gasteiger partial charge in [-0.1, -0.05) is 37.7 Å². The fraction of sp³-hybridized carbons (Fsp3) is 0.357. The van der Waals surface area contributed by atoms with E-state index in [1.165, 1.54) is 11.8 Å². The number of nitrogens with one attached hydrogen (secondary N) is 1. The highest BCUT2D eigenvalue weighted by Gasteiger charge is 2.14. The summed E-state index contributed by atoms with van der Waals surface area (Å²) in [4.78, 5) is 26.7. The van der Waals surface area contributed by atoms with Crippen molar-refractivity contribution in [1.82, 2.24) is 14.9 Å². The van der Waals surface area contributed by atoms with E-state index in [1.807, 2.05) is 29.6 Å². The predicted molar refractivity (Wildman–Crippen MR) is 83.0 cm³/mol. The van der Waals surface area contributed by atoms with Gasteiger partial charge in [-0.3, -0.25) is 10.1 Å². The van der Waals surface area contributed by atoms with Crippen molar-refractivity contribution in [2.75, 3.05) is 5.75 Å². The molecule has 3 N–H and O–H groups in total. The zero-order chi connectivity index (χ0) is 15.4. The van der Waals surface area contributed by atoms with Gasteiger partial charge in [0.15, 0.2) is 5.16 Å². The molecule has 2 aromatic rings. The van der Waals surface area contributed by atoms with E-state index in [0.717, 1.165) is 22.7 Å². The number of urea groups is 1. The van der Waals surface area contributed by atoms with E-state index in [2.05, 4.69) is 23.4 Å². The third kappa shape index (κ3) is 3.98. The normalized spacial score (nSPS) is 11.0. The Labute approximate surface area is 127 Å². The molecule has 3 amide bonds. The number of benzene rings is 1. The molecule has 7 heteroatoms. The maximum atomic E-state index is 11.5. The molecule has 1 aromatic heterocycles. The van der Waals surface area contributed by atoms with Gasteiger partial charge in [0.2, 0.25) is 5.91 Å². The van der Waals surface area contributed by atoms with Gasteiger partial charge in [-0.2, -0.15) is 0 Å². The van der Waals surface area contributed by atoms with Crippen LogP contribution in [-0.4, -0.2) is 27.2 Å². The number of imide groups is 1. The Bertz CT molecular complexity index is 666. The van der Waals surface area contributed by atoms with Crippen LogP contribution in [0.2, 0.25) is 0 Å². The number of nitrogens with zero attached hydrogens (tertiary/aromatic N) is 2. The Kier molecular flexibility index (Phi) is 4.85. The molecule has 1 heterocycles. The van der Waals surface area contributed by atoms with Gasteiger partial charge >= 0.3 is 6.03 Å². The van der Waals surface area contributed by atoms with Crippen LogP contribution in [0, 0.1) is 5.92 Å². The summed E-state index contributed by atoms with van der Waals surface area (Å²) in [5.74, 6) is 0.140.